The van der Waals surface area contributed by atoms with Crippen molar-refractivity contribution in [3.63, 3.8) is 0 Å². The van der Waals surface area contributed by atoms with Crippen molar-refractivity contribution >= 4 is 5.91 Å². The maximum absolute atomic E-state index is 12.8. The van der Waals surface area contributed by atoms with Gasteiger partial charge in [0.05, 0.1) is 5.69 Å². The SMILES string of the molecule is Cc1ccc(C(C(=O)NC2CCCC2)c2ccccn2)cc1. The van der Waals surface area contributed by atoms with Crippen LogP contribution in [0.25, 0.3) is 0 Å². The molecule has 114 valence electrons. The first kappa shape index (κ1) is 14.8. The van der Waals surface area contributed by atoms with E-state index in [9.17, 15) is 4.79 Å². The van der Waals surface area contributed by atoms with E-state index in [1.165, 1.54) is 18.4 Å². The van der Waals surface area contributed by atoms with Crippen LogP contribution in [-0.2, 0) is 4.79 Å². The largest absolute Gasteiger partial charge is 0.352 e. The Kier molecular flexibility index (Phi) is 4.52. The minimum absolute atomic E-state index is 0.0643. The van der Waals surface area contributed by atoms with E-state index in [0.717, 1.165) is 24.1 Å². The fourth-order valence-electron chi connectivity index (χ4n) is 3.12. The number of nitrogens with one attached hydrogen (secondary N) is 1. The van der Waals surface area contributed by atoms with Crippen molar-refractivity contribution < 1.29 is 4.79 Å². The van der Waals surface area contributed by atoms with Gasteiger partial charge in [-0.05, 0) is 37.5 Å². The van der Waals surface area contributed by atoms with Gasteiger partial charge in [0.15, 0.2) is 0 Å². The molecule has 22 heavy (non-hydrogen) atoms. The molecule has 1 heterocycles. The van der Waals surface area contributed by atoms with E-state index in [2.05, 4.69) is 17.2 Å². The molecule has 1 aliphatic rings. The second-order valence-corrected chi connectivity index (χ2v) is 6.09. The third-order valence-electron chi connectivity index (χ3n) is 4.36. The van der Waals surface area contributed by atoms with Gasteiger partial charge in [0, 0.05) is 12.2 Å². The molecular formula is C19H22N2O. The molecule has 1 aliphatic carbocycles. The molecule has 1 N–H and O–H groups in total. The van der Waals surface area contributed by atoms with Crippen molar-refractivity contribution in [2.24, 2.45) is 0 Å². The highest BCUT2D eigenvalue weighted by Crippen LogP contribution is 2.25. The minimum Gasteiger partial charge on any atom is -0.352 e. The van der Waals surface area contributed by atoms with Crippen LogP contribution in [0.1, 0.15) is 48.4 Å². The number of aromatic nitrogens is 1. The van der Waals surface area contributed by atoms with Crippen LogP contribution < -0.4 is 5.32 Å². The number of aryl methyl sites for hydroxylation is 1. The molecule has 3 heteroatoms. The van der Waals surface area contributed by atoms with Gasteiger partial charge >= 0.3 is 0 Å². The molecule has 1 aromatic heterocycles. The quantitative estimate of drug-likeness (QED) is 0.936. The Bertz CT molecular complexity index is 616. The van der Waals surface area contributed by atoms with Crippen LogP contribution in [0.3, 0.4) is 0 Å². The van der Waals surface area contributed by atoms with E-state index < -0.39 is 0 Å². The number of nitrogens with zero attached hydrogens (tertiary/aromatic N) is 1. The lowest BCUT2D eigenvalue weighted by atomic mass is 9.93. The highest BCUT2D eigenvalue weighted by atomic mass is 16.2. The molecule has 1 unspecified atom stereocenters. The molecule has 1 amide bonds. The number of pyridine rings is 1. The molecule has 3 nitrogen and oxygen atoms in total. The fourth-order valence-corrected chi connectivity index (χ4v) is 3.12. The Hall–Kier alpha value is -2.16. The number of carbonyl (C=O) groups excluding carboxylic acids is 1. The van der Waals surface area contributed by atoms with Gasteiger partial charge in [-0.3, -0.25) is 9.78 Å². The normalized spacial score (nSPS) is 16.4. The molecule has 0 radical (unpaired) electrons. The topological polar surface area (TPSA) is 42.0 Å². The molecule has 1 saturated carbocycles. The van der Waals surface area contributed by atoms with Crippen molar-refractivity contribution in [2.45, 2.75) is 44.6 Å². The summed E-state index contributed by atoms with van der Waals surface area (Å²) in [4.78, 5) is 17.2. The number of hydrogen-bond acceptors (Lipinski definition) is 2. The smallest absolute Gasteiger partial charge is 0.233 e. The molecule has 1 fully saturated rings. The second-order valence-electron chi connectivity index (χ2n) is 6.09. The Balaban J connectivity index is 1.88. The summed E-state index contributed by atoms with van der Waals surface area (Å²) in [6.07, 6.45) is 6.36. The summed E-state index contributed by atoms with van der Waals surface area (Å²) in [5.41, 5.74) is 3.00. The molecule has 0 bridgehead atoms. The van der Waals surface area contributed by atoms with Crippen LogP contribution in [-0.4, -0.2) is 16.9 Å². The van der Waals surface area contributed by atoms with E-state index in [1.54, 1.807) is 6.20 Å². The molecule has 0 aliphatic heterocycles. The molecule has 1 aromatic carbocycles. The average Bonchev–Trinajstić information content (AvgIpc) is 3.03. The van der Waals surface area contributed by atoms with Crippen LogP contribution in [0.15, 0.2) is 48.7 Å². The molecule has 1 atom stereocenters. The number of rotatable bonds is 4. The predicted octanol–water partition coefficient (Wildman–Crippen LogP) is 3.58. The van der Waals surface area contributed by atoms with Crippen LogP contribution >= 0.6 is 0 Å². The minimum atomic E-state index is -0.331. The van der Waals surface area contributed by atoms with Crippen molar-refractivity contribution in [3.05, 3.63) is 65.5 Å². The van der Waals surface area contributed by atoms with Crippen LogP contribution in [0.4, 0.5) is 0 Å². The van der Waals surface area contributed by atoms with Crippen molar-refractivity contribution in [2.75, 3.05) is 0 Å². The van der Waals surface area contributed by atoms with Gasteiger partial charge in [-0.25, -0.2) is 0 Å². The summed E-state index contributed by atoms with van der Waals surface area (Å²) >= 11 is 0. The maximum Gasteiger partial charge on any atom is 0.233 e. The van der Waals surface area contributed by atoms with Gasteiger partial charge in [0.2, 0.25) is 5.91 Å². The van der Waals surface area contributed by atoms with Gasteiger partial charge in [-0.15, -0.1) is 0 Å². The highest BCUT2D eigenvalue weighted by Gasteiger charge is 2.27. The van der Waals surface area contributed by atoms with E-state index >= 15 is 0 Å². The van der Waals surface area contributed by atoms with E-state index in [0.29, 0.717) is 6.04 Å². The third kappa shape index (κ3) is 3.35. The predicted molar refractivity (Wildman–Crippen MR) is 87.7 cm³/mol. The van der Waals surface area contributed by atoms with Gasteiger partial charge in [-0.2, -0.15) is 0 Å². The lowest BCUT2D eigenvalue weighted by Gasteiger charge is -2.20. The van der Waals surface area contributed by atoms with Gasteiger partial charge < -0.3 is 5.32 Å². The maximum atomic E-state index is 12.8. The summed E-state index contributed by atoms with van der Waals surface area (Å²) < 4.78 is 0. The van der Waals surface area contributed by atoms with Crippen molar-refractivity contribution in [1.82, 2.24) is 10.3 Å². The lowest BCUT2D eigenvalue weighted by Crippen LogP contribution is -2.37. The molecule has 0 spiro atoms. The van der Waals surface area contributed by atoms with E-state index in [1.807, 2.05) is 42.5 Å². The fraction of sp³-hybridized carbons (Fsp3) is 0.368. The first-order chi connectivity index (χ1) is 10.7. The monoisotopic (exact) mass is 294 g/mol. The Morgan fingerprint density at radius 2 is 1.86 bits per heavy atom. The lowest BCUT2D eigenvalue weighted by molar-refractivity contribution is -0.122. The summed E-state index contributed by atoms with van der Waals surface area (Å²) in [7, 11) is 0. The number of carbonyl (C=O) groups is 1. The van der Waals surface area contributed by atoms with Crippen LogP contribution in [0, 0.1) is 6.92 Å². The average molecular weight is 294 g/mol. The Morgan fingerprint density at radius 3 is 2.50 bits per heavy atom. The summed E-state index contributed by atoms with van der Waals surface area (Å²) in [6, 6.07) is 14.2. The number of hydrogen-bond donors (Lipinski definition) is 1. The first-order valence-electron chi connectivity index (χ1n) is 8.02. The van der Waals surface area contributed by atoms with Gasteiger partial charge in [-0.1, -0.05) is 48.7 Å². The van der Waals surface area contributed by atoms with Gasteiger partial charge in [0.1, 0.15) is 5.92 Å². The Labute approximate surface area is 131 Å². The summed E-state index contributed by atoms with van der Waals surface area (Å²) in [6.45, 7) is 2.05. The molecule has 3 rings (SSSR count). The highest BCUT2D eigenvalue weighted by molar-refractivity contribution is 5.86. The standard InChI is InChI=1S/C19H22N2O/c1-14-9-11-15(12-10-14)18(17-8-4-5-13-20-17)19(22)21-16-6-2-3-7-16/h4-5,8-13,16,18H,2-3,6-7H2,1H3,(H,21,22). The number of amides is 1. The third-order valence-corrected chi connectivity index (χ3v) is 4.36. The van der Waals surface area contributed by atoms with E-state index in [4.69, 9.17) is 0 Å². The Morgan fingerprint density at radius 1 is 1.14 bits per heavy atom. The van der Waals surface area contributed by atoms with Gasteiger partial charge in [0.25, 0.3) is 0 Å². The molecule has 0 saturated heterocycles. The van der Waals surface area contributed by atoms with Crippen LogP contribution in [0.2, 0.25) is 0 Å². The zero-order valence-corrected chi connectivity index (χ0v) is 13.0. The zero-order chi connectivity index (χ0) is 15.4. The van der Waals surface area contributed by atoms with Crippen LogP contribution in [0.5, 0.6) is 0 Å². The molecule has 2 aromatic rings. The first-order valence-corrected chi connectivity index (χ1v) is 8.02. The summed E-state index contributed by atoms with van der Waals surface area (Å²) in [5, 5.41) is 3.21. The summed E-state index contributed by atoms with van der Waals surface area (Å²) in [5.74, 6) is -0.267. The van der Waals surface area contributed by atoms with Crippen molar-refractivity contribution in [3.8, 4) is 0 Å². The van der Waals surface area contributed by atoms with Crippen molar-refractivity contribution in [1.29, 1.82) is 0 Å². The molecular weight excluding hydrogens is 272 g/mol. The number of benzene rings is 1. The van der Waals surface area contributed by atoms with E-state index in [-0.39, 0.29) is 11.8 Å². The second kappa shape index (κ2) is 6.73. The zero-order valence-electron chi connectivity index (χ0n) is 13.0.